The first-order valence-electron chi connectivity index (χ1n) is 9.18. The Morgan fingerprint density at radius 3 is 1.77 bits per heavy atom. The zero-order valence-corrected chi connectivity index (χ0v) is 16.6. The molecule has 3 heteroatoms. The highest BCUT2D eigenvalue weighted by Crippen LogP contribution is 2.36. The average molecular weight is 354 g/mol. The summed E-state index contributed by atoms with van der Waals surface area (Å²) in [6.07, 6.45) is 0. The van der Waals surface area contributed by atoms with Crippen LogP contribution in [0.4, 0.5) is 0 Å². The van der Waals surface area contributed by atoms with Gasteiger partial charge in [-0.05, 0) is 17.0 Å². The van der Waals surface area contributed by atoms with Crippen LogP contribution in [0.25, 0.3) is 11.1 Å². The van der Waals surface area contributed by atoms with E-state index in [1.54, 1.807) is 6.92 Å². The van der Waals surface area contributed by atoms with Gasteiger partial charge in [-0.3, -0.25) is 9.59 Å². The molecule has 0 aliphatic heterocycles. The standard InChI is InChI=1S/C21H24O3.C2H6/c1-14(20(23)24)15(2)21(3,4)19(22)18-12-10-17(11-13-18)16-8-6-5-7-9-16;1-2/h5-15H,1-4H3,(H,23,24);1-2H3. The monoisotopic (exact) mass is 354 g/mol. The van der Waals surface area contributed by atoms with Crippen molar-refractivity contribution in [3.05, 3.63) is 60.2 Å². The summed E-state index contributed by atoms with van der Waals surface area (Å²) in [4.78, 5) is 24.1. The predicted octanol–water partition coefficient (Wildman–Crippen LogP) is 5.95. The maximum Gasteiger partial charge on any atom is 0.306 e. The van der Waals surface area contributed by atoms with E-state index in [4.69, 9.17) is 0 Å². The van der Waals surface area contributed by atoms with Gasteiger partial charge in [0.05, 0.1) is 5.92 Å². The van der Waals surface area contributed by atoms with Crippen LogP contribution in [0.1, 0.15) is 51.9 Å². The molecule has 0 aliphatic rings. The molecule has 0 aliphatic carbocycles. The molecule has 26 heavy (non-hydrogen) atoms. The summed E-state index contributed by atoms with van der Waals surface area (Å²) >= 11 is 0. The molecule has 0 aromatic heterocycles. The third kappa shape index (κ3) is 4.81. The molecule has 2 rings (SSSR count). The van der Waals surface area contributed by atoms with Crippen LogP contribution in [0.5, 0.6) is 0 Å². The summed E-state index contributed by atoms with van der Waals surface area (Å²) in [6.45, 7) is 11.1. The molecule has 0 heterocycles. The van der Waals surface area contributed by atoms with Crippen molar-refractivity contribution in [2.45, 2.75) is 41.5 Å². The SMILES string of the molecule is CC.CC(C(=O)O)C(C)C(C)(C)C(=O)c1ccc(-c2ccccc2)cc1. The maximum atomic E-state index is 12.9. The van der Waals surface area contributed by atoms with Crippen LogP contribution >= 0.6 is 0 Å². The summed E-state index contributed by atoms with van der Waals surface area (Å²) in [7, 11) is 0. The van der Waals surface area contributed by atoms with E-state index in [9.17, 15) is 14.7 Å². The van der Waals surface area contributed by atoms with Crippen molar-refractivity contribution >= 4 is 11.8 Å². The number of carboxylic acids is 1. The molecule has 2 aromatic carbocycles. The molecule has 0 spiro atoms. The number of carboxylic acid groups (broad SMARTS) is 1. The molecule has 1 N–H and O–H groups in total. The fourth-order valence-electron chi connectivity index (χ4n) is 2.86. The van der Waals surface area contributed by atoms with Gasteiger partial charge in [0.25, 0.3) is 0 Å². The number of carbonyl (C=O) groups excluding carboxylic acids is 1. The first-order chi connectivity index (χ1) is 12.2. The number of rotatable bonds is 6. The molecular weight excluding hydrogens is 324 g/mol. The van der Waals surface area contributed by atoms with E-state index in [0.29, 0.717) is 5.56 Å². The highest BCUT2D eigenvalue weighted by atomic mass is 16.4. The largest absolute Gasteiger partial charge is 0.481 e. The molecule has 2 atom stereocenters. The molecule has 0 fully saturated rings. The zero-order valence-electron chi connectivity index (χ0n) is 16.6. The molecule has 2 unspecified atom stereocenters. The van der Waals surface area contributed by atoms with Gasteiger partial charge in [-0.15, -0.1) is 0 Å². The Morgan fingerprint density at radius 1 is 0.846 bits per heavy atom. The Morgan fingerprint density at radius 2 is 1.31 bits per heavy atom. The lowest BCUT2D eigenvalue weighted by molar-refractivity contribution is -0.143. The average Bonchev–Trinajstić information content (AvgIpc) is 2.68. The second-order valence-electron chi connectivity index (χ2n) is 6.91. The first kappa shape index (κ1) is 21.6. The second kappa shape index (κ2) is 9.33. The summed E-state index contributed by atoms with van der Waals surface area (Å²) in [5, 5.41) is 9.22. The molecule has 0 radical (unpaired) electrons. The van der Waals surface area contributed by atoms with Crippen molar-refractivity contribution in [3.8, 4) is 11.1 Å². The van der Waals surface area contributed by atoms with Gasteiger partial charge in [0, 0.05) is 11.0 Å². The lowest BCUT2D eigenvalue weighted by Gasteiger charge is -2.33. The van der Waals surface area contributed by atoms with Crippen molar-refractivity contribution < 1.29 is 14.7 Å². The number of hydrogen-bond acceptors (Lipinski definition) is 2. The normalized spacial score (nSPS) is 13.2. The summed E-state index contributed by atoms with van der Waals surface area (Å²) < 4.78 is 0. The Bertz CT molecular complexity index is 715. The lowest BCUT2D eigenvalue weighted by Crippen LogP contribution is -2.37. The van der Waals surface area contributed by atoms with Gasteiger partial charge in [-0.25, -0.2) is 0 Å². The summed E-state index contributed by atoms with van der Waals surface area (Å²) in [5.41, 5.74) is 2.02. The molecule has 0 amide bonds. The Labute approximate surface area is 157 Å². The first-order valence-corrected chi connectivity index (χ1v) is 9.18. The fourth-order valence-corrected chi connectivity index (χ4v) is 2.86. The zero-order chi connectivity index (χ0) is 19.9. The lowest BCUT2D eigenvalue weighted by atomic mass is 9.69. The minimum absolute atomic E-state index is 0.0253. The van der Waals surface area contributed by atoms with Crippen molar-refractivity contribution in [1.29, 1.82) is 0 Å². The van der Waals surface area contributed by atoms with Gasteiger partial charge in [-0.2, -0.15) is 0 Å². The van der Waals surface area contributed by atoms with Crippen LogP contribution in [-0.2, 0) is 4.79 Å². The van der Waals surface area contributed by atoms with Gasteiger partial charge >= 0.3 is 5.97 Å². The topological polar surface area (TPSA) is 54.4 Å². The van der Waals surface area contributed by atoms with Gasteiger partial charge in [-0.1, -0.05) is 96.1 Å². The Kier molecular flexibility index (Phi) is 7.76. The van der Waals surface area contributed by atoms with Crippen LogP contribution in [0.15, 0.2) is 54.6 Å². The van der Waals surface area contributed by atoms with Crippen LogP contribution < -0.4 is 0 Å². The van der Waals surface area contributed by atoms with E-state index in [2.05, 4.69) is 0 Å². The minimum Gasteiger partial charge on any atom is -0.481 e. The van der Waals surface area contributed by atoms with E-state index in [0.717, 1.165) is 11.1 Å². The second-order valence-corrected chi connectivity index (χ2v) is 6.91. The number of Topliss-reactive ketones (excluding diaryl/α,β-unsaturated/α-hetero) is 1. The quantitative estimate of drug-likeness (QED) is 0.653. The van der Waals surface area contributed by atoms with E-state index < -0.39 is 17.3 Å². The van der Waals surface area contributed by atoms with Gasteiger partial charge in [0.15, 0.2) is 5.78 Å². The minimum atomic E-state index is -0.872. The molecule has 0 saturated heterocycles. The van der Waals surface area contributed by atoms with Crippen LogP contribution in [0, 0.1) is 17.3 Å². The number of carbonyl (C=O) groups is 2. The number of hydrogen-bond donors (Lipinski definition) is 1. The van der Waals surface area contributed by atoms with Gasteiger partial charge < -0.3 is 5.11 Å². The van der Waals surface area contributed by atoms with E-state index in [-0.39, 0.29) is 11.7 Å². The van der Waals surface area contributed by atoms with Gasteiger partial charge in [0.1, 0.15) is 0 Å². The van der Waals surface area contributed by atoms with E-state index in [1.807, 2.05) is 89.2 Å². The molecule has 0 bridgehead atoms. The number of aliphatic carboxylic acids is 1. The molecule has 3 nitrogen and oxygen atoms in total. The Balaban J connectivity index is 0.00000163. The molecular formula is C23H30O3. The third-order valence-electron chi connectivity index (χ3n) is 5.12. The summed E-state index contributed by atoms with van der Waals surface area (Å²) in [6, 6.07) is 17.5. The van der Waals surface area contributed by atoms with Crippen molar-refractivity contribution in [3.63, 3.8) is 0 Å². The van der Waals surface area contributed by atoms with Crippen LogP contribution in [0.3, 0.4) is 0 Å². The van der Waals surface area contributed by atoms with Gasteiger partial charge in [0.2, 0.25) is 0 Å². The molecule has 2 aromatic rings. The van der Waals surface area contributed by atoms with E-state index in [1.165, 1.54) is 0 Å². The number of benzene rings is 2. The van der Waals surface area contributed by atoms with Crippen molar-refractivity contribution in [1.82, 2.24) is 0 Å². The molecule has 0 saturated carbocycles. The van der Waals surface area contributed by atoms with Crippen LogP contribution in [-0.4, -0.2) is 16.9 Å². The fraction of sp³-hybridized carbons (Fsp3) is 0.391. The van der Waals surface area contributed by atoms with Crippen molar-refractivity contribution in [2.75, 3.05) is 0 Å². The summed E-state index contributed by atoms with van der Waals surface area (Å²) in [5.74, 6) is -1.74. The predicted molar refractivity (Wildman–Crippen MR) is 107 cm³/mol. The maximum absolute atomic E-state index is 12.9. The highest BCUT2D eigenvalue weighted by molar-refractivity contribution is 6.00. The smallest absolute Gasteiger partial charge is 0.306 e. The van der Waals surface area contributed by atoms with Crippen molar-refractivity contribution in [2.24, 2.45) is 17.3 Å². The highest BCUT2D eigenvalue weighted by Gasteiger charge is 2.39. The molecule has 140 valence electrons. The Hall–Kier alpha value is -2.42. The van der Waals surface area contributed by atoms with E-state index >= 15 is 0 Å². The van der Waals surface area contributed by atoms with Crippen LogP contribution in [0.2, 0.25) is 0 Å². The third-order valence-corrected chi connectivity index (χ3v) is 5.12. The number of ketones is 1.